The molecule has 0 aliphatic heterocycles. The first-order valence-electron chi connectivity index (χ1n) is 12.1. The molecule has 4 heteroatoms. The summed E-state index contributed by atoms with van der Waals surface area (Å²) in [6, 6.07) is 20.9. The quantitative estimate of drug-likeness (QED) is 0.432. The van der Waals surface area contributed by atoms with Crippen LogP contribution in [0, 0.1) is 0 Å². The molecule has 1 amide bonds. The molecule has 0 fully saturated rings. The molecule has 34 heavy (non-hydrogen) atoms. The number of nitrogens with one attached hydrogen (secondary N) is 1. The minimum atomic E-state index is -0.661. The molecule has 3 aromatic carbocycles. The van der Waals surface area contributed by atoms with Gasteiger partial charge in [-0.05, 0) is 79.0 Å². The maximum absolute atomic E-state index is 13.0. The van der Waals surface area contributed by atoms with E-state index >= 15 is 0 Å². The third kappa shape index (κ3) is 5.56. The zero-order chi connectivity index (χ0) is 24.3. The fraction of sp³-hybridized carbons (Fsp3) is 0.333. The first-order chi connectivity index (χ1) is 16.2. The van der Waals surface area contributed by atoms with Crippen LogP contribution in [0.25, 0.3) is 0 Å². The Morgan fingerprint density at radius 1 is 0.853 bits per heavy atom. The van der Waals surface area contributed by atoms with Gasteiger partial charge in [0.2, 0.25) is 0 Å². The van der Waals surface area contributed by atoms with E-state index in [0.29, 0.717) is 22.6 Å². The molecule has 0 saturated heterocycles. The van der Waals surface area contributed by atoms with Crippen molar-refractivity contribution >= 4 is 17.4 Å². The Morgan fingerprint density at radius 2 is 1.56 bits per heavy atom. The summed E-state index contributed by atoms with van der Waals surface area (Å²) in [6.45, 7) is 8.17. The second-order valence-corrected chi connectivity index (χ2v) is 10.1. The summed E-state index contributed by atoms with van der Waals surface area (Å²) in [5.74, 6) is 0.387. The molecule has 0 heterocycles. The van der Waals surface area contributed by atoms with Crippen LogP contribution in [0.15, 0.2) is 66.7 Å². The van der Waals surface area contributed by atoms with E-state index in [0.717, 1.165) is 12.8 Å². The molecular weight excluding hydrogens is 422 g/mol. The van der Waals surface area contributed by atoms with Crippen molar-refractivity contribution < 1.29 is 14.3 Å². The number of carbonyl (C=O) groups is 2. The van der Waals surface area contributed by atoms with E-state index in [1.165, 1.54) is 29.5 Å². The summed E-state index contributed by atoms with van der Waals surface area (Å²) in [6.07, 6.45) is 3.94. The van der Waals surface area contributed by atoms with Crippen molar-refractivity contribution in [2.45, 2.75) is 64.9 Å². The molecule has 0 unspecified atom stereocenters. The Morgan fingerprint density at radius 3 is 2.26 bits per heavy atom. The molecule has 1 aliphatic carbocycles. The van der Waals surface area contributed by atoms with Gasteiger partial charge < -0.3 is 10.1 Å². The molecule has 1 atom stereocenters. The number of amides is 1. The SMILES string of the molecule is C[C@@H](Oc1ccc2c(c1)CCCC2)C(=O)Nc1cccc(C(=O)c2ccc(C(C)(C)C)cc2)c1. The molecule has 1 N–H and O–H groups in total. The number of ether oxygens (including phenoxy) is 1. The summed E-state index contributed by atoms with van der Waals surface area (Å²) >= 11 is 0. The Bertz CT molecular complexity index is 1190. The van der Waals surface area contributed by atoms with E-state index in [1.54, 1.807) is 31.2 Å². The van der Waals surface area contributed by atoms with Crippen molar-refractivity contribution in [3.05, 3.63) is 94.5 Å². The second-order valence-electron chi connectivity index (χ2n) is 10.1. The van der Waals surface area contributed by atoms with Crippen LogP contribution in [-0.2, 0) is 23.1 Å². The zero-order valence-electron chi connectivity index (χ0n) is 20.5. The van der Waals surface area contributed by atoms with Crippen LogP contribution in [0.3, 0.4) is 0 Å². The third-order valence-electron chi connectivity index (χ3n) is 6.41. The number of hydrogen-bond acceptors (Lipinski definition) is 3. The largest absolute Gasteiger partial charge is 0.481 e. The van der Waals surface area contributed by atoms with Crippen LogP contribution in [0.1, 0.15) is 73.1 Å². The normalized spacial score (nSPS) is 14.1. The van der Waals surface area contributed by atoms with Crippen LogP contribution in [0.2, 0.25) is 0 Å². The minimum Gasteiger partial charge on any atom is -0.481 e. The predicted molar refractivity (Wildman–Crippen MR) is 137 cm³/mol. The van der Waals surface area contributed by atoms with E-state index in [1.807, 2.05) is 30.3 Å². The van der Waals surface area contributed by atoms with Crippen LogP contribution >= 0.6 is 0 Å². The number of ketones is 1. The fourth-order valence-electron chi connectivity index (χ4n) is 4.31. The predicted octanol–water partition coefficient (Wildman–Crippen LogP) is 6.50. The van der Waals surface area contributed by atoms with Gasteiger partial charge in [-0.15, -0.1) is 0 Å². The van der Waals surface area contributed by atoms with Crippen molar-refractivity contribution in [3.63, 3.8) is 0 Å². The van der Waals surface area contributed by atoms with Crippen LogP contribution in [0.5, 0.6) is 5.75 Å². The standard InChI is InChI=1S/C30H33NO3/c1-20(34-27-17-14-21-8-5-6-9-23(21)19-27)29(33)31-26-11-7-10-24(18-26)28(32)22-12-15-25(16-13-22)30(2,3)4/h7,10-20H,5-6,8-9H2,1-4H3,(H,31,33)/t20-/m1/s1. The number of rotatable bonds is 6. The lowest BCUT2D eigenvalue weighted by molar-refractivity contribution is -0.122. The highest BCUT2D eigenvalue weighted by Crippen LogP contribution is 2.26. The van der Waals surface area contributed by atoms with E-state index in [4.69, 9.17) is 4.74 Å². The number of benzene rings is 3. The van der Waals surface area contributed by atoms with Gasteiger partial charge in [-0.2, -0.15) is 0 Å². The average Bonchev–Trinajstić information content (AvgIpc) is 2.83. The van der Waals surface area contributed by atoms with Gasteiger partial charge in [0.15, 0.2) is 11.9 Å². The average molecular weight is 456 g/mol. The Balaban J connectivity index is 1.41. The van der Waals surface area contributed by atoms with Crippen molar-refractivity contribution in [1.82, 2.24) is 0 Å². The van der Waals surface area contributed by atoms with Gasteiger partial charge in [0.05, 0.1) is 0 Å². The maximum Gasteiger partial charge on any atom is 0.265 e. The number of aryl methyl sites for hydroxylation is 2. The zero-order valence-corrected chi connectivity index (χ0v) is 20.5. The topological polar surface area (TPSA) is 55.4 Å². The molecule has 1 aliphatic rings. The molecule has 0 radical (unpaired) electrons. The Labute approximate surface area is 202 Å². The summed E-state index contributed by atoms with van der Waals surface area (Å²) in [5, 5.41) is 2.88. The first kappa shape index (κ1) is 23.7. The fourth-order valence-corrected chi connectivity index (χ4v) is 4.31. The summed E-state index contributed by atoms with van der Waals surface area (Å²) in [5.41, 5.74) is 5.64. The highest BCUT2D eigenvalue weighted by atomic mass is 16.5. The van der Waals surface area contributed by atoms with E-state index in [9.17, 15) is 9.59 Å². The lowest BCUT2D eigenvalue weighted by Gasteiger charge is -2.19. The van der Waals surface area contributed by atoms with Crippen molar-refractivity contribution in [2.75, 3.05) is 5.32 Å². The lowest BCUT2D eigenvalue weighted by atomic mass is 9.86. The van der Waals surface area contributed by atoms with Gasteiger partial charge in [-0.3, -0.25) is 9.59 Å². The lowest BCUT2D eigenvalue weighted by Crippen LogP contribution is -2.30. The molecule has 176 valence electrons. The number of carbonyl (C=O) groups excluding carboxylic acids is 2. The smallest absolute Gasteiger partial charge is 0.265 e. The summed E-state index contributed by atoms with van der Waals surface area (Å²) in [4.78, 5) is 25.8. The molecule has 4 rings (SSSR count). The highest BCUT2D eigenvalue weighted by Gasteiger charge is 2.18. The van der Waals surface area contributed by atoms with Gasteiger partial charge in [-0.25, -0.2) is 0 Å². The molecule has 0 spiro atoms. The summed E-state index contributed by atoms with van der Waals surface area (Å²) in [7, 11) is 0. The molecule has 4 nitrogen and oxygen atoms in total. The van der Waals surface area contributed by atoms with Gasteiger partial charge in [-0.1, -0.05) is 63.2 Å². The molecule has 3 aromatic rings. The molecule has 0 saturated carbocycles. The van der Waals surface area contributed by atoms with Gasteiger partial charge in [0.25, 0.3) is 5.91 Å². The van der Waals surface area contributed by atoms with Crippen molar-refractivity contribution in [1.29, 1.82) is 0 Å². The Kier molecular flexibility index (Phi) is 6.87. The molecule has 0 aromatic heterocycles. The van der Waals surface area contributed by atoms with Gasteiger partial charge in [0.1, 0.15) is 5.75 Å². The molecule has 0 bridgehead atoms. The Hall–Kier alpha value is -3.40. The van der Waals surface area contributed by atoms with E-state index in [2.05, 4.69) is 38.2 Å². The second kappa shape index (κ2) is 9.84. The van der Waals surface area contributed by atoms with E-state index < -0.39 is 6.10 Å². The first-order valence-corrected chi connectivity index (χ1v) is 12.1. The maximum atomic E-state index is 13.0. The monoisotopic (exact) mass is 455 g/mol. The number of fused-ring (bicyclic) bond motifs is 1. The van der Waals surface area contributed by atoms with E-state index in [-0.39, 0.29) is 17.1 Å². The van der Waals surface area contributed by atoms with Crippen LogP contribution < -0.4 is 10.1 Å². The number of hydrogen-bond donors (Lipinski definition) is 1. The third-order valence-corrected chi connectivity index (χ3v) is 6.41. The van der Waals surface area contributed by atoms with Crippen LogP contribution in [-0.4, -0.2) is 17.8 Å². The van der Waals surface area contributed by atoms with Gasteiger partial charge in [0, 0.05) is 16.8 Å². The summed E-state index contributed by atoms with van der Waals surface area (Å²) < 4.78 is 5.92. The number of anilines is 1. The molecular formula is C30H33NO3. The van der Waals surface area contributed by atoms with Crippen molar-refractivity contribution in [3.8, 4) is 5.75 Å². The highest BCUT2D eigenvalue weighted by molar-refractivity contribution is 6.09. The minimum absolute atomic E-state index is 0.0314. The van der Waals surface area contributed by atoms with Crippen molar-refractivity contribution in [2.24, 2.45) is 0 Å². The van der Waals surface area contributed by atoms with Crippen LogP contribution in [0.4, 0.5) is 5.69 Å². The van der Waals surface area contributed by atoms with Gasteiger partial charge >= 0.3 is 0 Å².